The van der Waals surface area contributed by atoms with Crippen molar-refractivity contribution in [2.75, 3.05) is 0 Å². The van der Waals surface area contributed by atoms with Crippen LogP contribution in [0, 0.1) is 10.2 Å². The van der Waals surface area contributed by atoms with Crippen molar-refractivity contribution in [1.82, 2.24) is 0 Å². The van der Waals surface area contributed by atoms with Crippen LogP contribution in [-0.2, 0) is 6.42 Å². The number of aryl methyl sites for hydroxylation is 1. The first-order valence-corrected chi connectivity index (χ1v) is 6.05. The zero-order valence-corrected chi connectivity index (χ0v) is 8.58. The van der Waals surface area contributed by atoms with Gasteiger partial charge in [0.1, 0.15) is 0 Å². The summed E-state index contributed by atoms with van der Waals surface area (Å²) in [4.78, 5) is 2.22. The summed E-state index contributed by atoms with van der Waals surface area (Å²) in [6, 6.07) is 10.4. The van der Waals surface area contributed by atoms with E-state index in [1.54, 1.807) is 0 Å². The van der Waals surface area contributed by atoms with E-state index >= 15 is 0 Å². The molecule has 0 heterocycles. The molecule has 0 amide bonds. The summed E-state index contributed by atoms with van der Waals surface area (Å²) in [5.74, 6) is 0. The normalized spacial score (nSPS) is 9.25. The molecule has 62 valence electrons. The third kappa shape index (κ3) is 3.57. The van der Waals surface area contributed by atoms with Crippen molar-refractivity contribution in [2.45, 2.75) is 18.2 Å². The second-order valence-corrected chi connectivity index (χ2v) is 4.37. The van der Waals surface area contributed by atoms with Crippen LogP contribution < -0.4 is 0 Å². The molecule has 0 spiro atoms. The van der Waals surface area contributed by atoms with Gasteiger partial charge < -0.3 is 0 Å². The van der Waals surface area contributed by atoms with Gasteiger partial charge in [-0.2, -0.15) is 0 Å². The standard InChI is InChI=1S/C10H11NSe/c11-9-12-8-4-7-10-5-2-1-3-6-10/h1-3,5-6H,4,7-8H2. The maximum absolute atomic E-state index is 8.34. The molecule has 1 nitrogen and oxygen atoms in total. The van der Waals surface area contributed by atoms with Crippen LogP contribution in [0.3, 0.4) is 0 Å². The predicted octanol–water partition coefficient (Wildman–Crippen LogP) is 2.22. The van der Waals surface area contributed by atoms with E-state index in [4.69, 9.17) is 5.26 Å². The van der Waals surface area contributed by atoms with E-state index in [1.165, 1.54) is 5.56 Å². The molecule has 1 rings (SSSR count). The monoisotopic (exact) mass is 225 g/mol. The third-order valence-corrected chi connectivity index (χ3v) is 2.92. The summed E-state index contributed by atoms with van der Waals surface area (Å²) in [6.07, 6.45) is 2.27. The van der Waals surface area contributed by atoms with E-state index < -0.39 is 0 Å². The molecule has 0 N–H and O–H groups in total. The summed E-state index contributed by atoms with van der Waals surface area (Å²) in [5, 5.41) is 9.42. The van der Waals surface area contributed by atoms with Crippen LogP contribution in [-0.4, -0.2) is 15.0 Å². The van der Waals surface area contributed by atoms with Crippen LogP contribution in [0.2, 0.25) is 5.32 Å². The molecule has 0 atom stereocenters. The van der Waals surface area contributed by atoms with Gasteiger partial charge in [-0.1, -0.05) is 0 Å². The second-order valence-electron chi connectivity index (χ2n) is 2.53. The minimum atomic E-state index is 0.203. The third-order valence-electron chi connectivity index (χ3n) is 1.62. The van der Waals surface area contributed by atoms with Gasteiger partial charge >= 0.3 is 79.2 Å². The molecule has 0 aromatic heterocycles. The van der Waals surface area contributed by atoms with E-state index in [2.05, 4.69) is 29.2 Å². The number of rotatable bonds is 4. The van der Waals surface area contributed by atoms with Gasteiger partial charge in [0, 0.05) is 0 Å². The van der Waals surface area contributed by atoms with Gasteiger partial charge in [-0.15, -0.1) is 0 Å². The topological polar surface area (TPSA) is 23.8 Å². The number of nitrogens with zero attached hydrogens (tertiary/aromatic N) is 1. The van der Waals surface area contributed by atoms with Gasteiger partial charge in [0.2, 0.25) is 0 Å². The van der Waals surface area contributed by atoms with Crippen molar-refractivity contribution in [3.8, 4) is 4.97 Å². The first-order valence-electron chi connectivity index (χ1n) is 3.98. The summed E-state index contributed by atoms with van der Waals surface area (Å²) in [7, 11) is 0. The molecule has 0 fully saturated rings. The Bertz CT molecular complexity index is 250. The molecule has 0 aliphatic carbocycles. The predicted molar refractivity (Wildman–Crippen MR) is 50.9 cm³/mol. The van der Waals surface area contributed by atoms with Crippen LogP contribution in [0.25, 0.3) is 0 Å². The van der Waals surface area contributed by atoms with E-state index in [0.717, 1.165) is 18.2 Å². The van der Waals surface area contributed by atoms with Gasteiger partial charge in [-0.3, -0.25) is 0 Å². The number of hydrogen-bond acceptors (Lipinski definition) is 1. The Morgan fingerprint density at radius 3 is 2.67 bits per heavy atom. The number of nitriles is 1. The minimum absolute atomic E-state index is 0.203. The van der Waals surface area contributed by atoms with Crippen molar-refractivity contribution in [3.05, 3.63) is 35.9 Å². The zero-order chi connectivity index (χ0) is 8.65. The Morgan fingerprint density at radius 2 is 2.00 bits per heavy atom. The molecular weight excluding hydrogens is 213 g/mol. The summed E-state index contributed by atoms with van der Waals surface area (Å²) in [5.41, 5.74) is 1.38. The number of benzene rings is 1. The van der Waals surface area contributed by atoms with Gasteiger partial charge in [0.25, 0.3) is 0 Å². The van der Waals surface area contributed by atoms with Crippen molar-refractivity contribution in [3.63, 3.8) is 0 Å². The van der Waals surface area contributed by atoms with Crippen molar-refractivity contribution >= 4 is 15.0 Å². The van der Waals surface area contributed by atoms with E-state index in [-0.39, 0.29) is 15.0 Å². The molecule has 0 bridgehead atoms. The maximum atomic E-state index is 8.34. The molecule has 2 heteroatoms. The molecule has 0 saturated heterocycles. The molecule has 0 aliphatic rings. The molecule has 1 aromatic rings. The van der Waals surface area contributed by atoms with E-state index in [0.29, 0.717) is 0 Å². The van der Waals surface area contributed by atoms with Crippen molar-refractivity contribution in [2.24, 2.45) is 0 Å². The molecular formula is C10H11NSe. The Morgan fingerprint density at radius 1 is 1.25 bits per heavy atom. The van der Waals surface area contributed by atoms with Gasteiger partial charge in [-0.25, -0.2) is 0 Å². The van der Waals surface area contributed by atoms with Crippen LogP contribution in [0.15, 0.2) is 30.3 Å². The fraction of sp³-hybridized carbons (Fsp3) is 0.300. The fourth-order valence-corrected chi connectivity index (χ4v) is 1.84. The molecule has 0 saturated carbocycles. The van der Waals surface area contributed by atoms with Crippen LogP contribution in [0.5, 0.6) is 0 Å². The van der Waals surface area contributed by atoms with Gasteiger partial charge in [0.05, 0.1) is 0 Å². The first kappa shape index (κ1) is 9.32. The van der Waals surface area contributed by atoms with Crippen LogP contribution >= 0.6 is 0 Å². The van der Waals surface area contributed by atoms with Crippen LogP contribution in [0.4, 0.5) is 0 Å². The van der Waals surface area contributed by atoms with E-state index in [1.807, 2.05) is 6.07 Å². The Balaban J connectivity index is 2.21. The van der Waals surface area contributed by atoms with Crippen LogP contribution in [0.1, 0.15) is 12.0 Å². The average molecular weight is 224 g/mol. The summed E-state index contributed by atoms with van der Waals surface area (Å²) in [6.45, 7) is 0. The quantitative estimate of drug-likeness (QED) is 0.568. The van der Waals surface area contributed by atoms with Crippen molar-refractivity contribution < 1.29 is 0 Å². The van der Waals surface area contributed by atoms with Crippen molar-refractivity contribution in [1.29, 1.82) is 5.26 Å². The molecule has 0 radical (unpaired) electrons. The summed E-state index contributed by atoms with van der Waals surface area (Å²) >= 11 is 0.203. The Kier molecular flexibility index (Phi) is 4.52. The summed E-state index contributed by atoms with van der Waals surface area (Å²) < 4.78 is 0. The van der Waals surface area contributed by atoms with E-state index in [9.17, 15) is 0 Å². The number of hydrogen-bond donors (Lipinski definition) is 0. The molecule has 12 heavy (non-hydrogen) atoms. The fourth-order valence-electron chi connectivity index (χ4n) is 1.04. The Labute approximate surface area is 79.6 Å². The molecule has 0 aliphatic heterocycles. The molecule has 0 unspecified atom stereocenters. The SMILES string of the molecule is N#C[Se]CCCc1ccccc1. The van der Waals surface area contributed by atoms with Gasteiger partial charge in [0.15, 0.2) is 0 Å². The second kappa shape index (κ2) is 5.83. The Hall–Kier alpha value is -0.771. The average Bonchev–Trinajstić information content (AvgIpc) is 2.14. The first-order chi connectivity index (χ1) is 5.93. The molecule has 1 aromatic carbocycles. The zero-order valence-electron chi connectivity index (χ0n) is 6.86. The van der Waals surface area contributed by atoms with Gasteiger partial charge in [-0.05, 0) is 0 Å².